The fourth-order valence-electron chi connectivity index (χ4n) is 4.67. The molecule has 0 aliphatic carbocycles. The summed E-state index contributed by atoms with van der Waals surface area (Å²) in [5.74, 6) is -1.35. The predicted octanol–water partition coefficient (Wildman–Crippen LogP) is 4.85. The van der Waals surface area contributed by atoms with E-state index in [9.17, 15) is 22.4 Å². The Hall–Kier alpha value is -4.34. The first-order valence-electron chi connectivity index (χ1n) is 14.0. The van der Waals surface area contributed by atoms with Gasteiger partial charge in [0, 0.05) is 26.1 Å². The van der Waals surface area contributed by atoms with Crippen LogP contribution in [-0.4, -0.2) is 48.3 Å². The summed E-state index contributed by atoms with van der Waals surface area (Å²) in [7, 11) is -3.79. The van der Waals surface area contributed by atoms with Gasteiger partial charge in [-0.2, -0.15) is 4.31 Å². The van der Waals surface area contributed by atoms with Gasteiger partial charge < -0.3 is 10.2 Å². The number of benzene rings is 4. The Labute approximate surface area is 253 Å². The first-order chi connectivity index (χ1) is 20.6. The number of hydrogen-bond donors (Lipinski definition) is 1. The van der Waals surface area contributed by atoms with Crippen molar-refractivity contribution in [2.75, 3.05) is 12.8 Å². The summed E-state index contributed by atoms with van der Waals surface area (Å²) in [6, 6.07) is 30.8. The van der Waals surface area contributed by atoms with Crippen molar-refractivity contribution >= 4 is 21.8 Å². The molecule has 43 heavy (non-hydrogen) atoms. The first kappa shape index (κ1) is 31.6. The molecule has 0 fully saturated rings. The van der Waals surface area contributed by atoms with Gasteiger partial charge in [-0.25, -0.2) is 12.8 Å². The number of nitrogens with zero attached hydrogens (tertiary/aromatic N) is 2. The Bertz CT molecular complexity index is 1600. The summed E-state index contributed by atoms with van der Waals surface area (Å²) < 4.78 is 40.4. The van der Waals surface area contributed by atoms with Crippen LogP contribution < -0.4 is 5.32 Å². The number of sulfonamides is 1. The average Bonchev–Trinajstić information content (AvgIpc) is 2.99. The molecule has 0 saturated carbocycles. The van der Waals surface area contributed by atoms with Crippen LogP contribution in [0.25, 0.3) is 0 Å². The van der Waals surface area contributed by atoms with Crippen molar-refractivity contribution in [1.29, 1.82) is 0 Å². The second kappa shape index (κ2) is 14.7. The molecule has 0 aliphatic rings. The Balaban J connectivity index is 1.67. The zero-order valence-electron chi connectivity index (χ0n) is 24.3. The number of carbonyl (C=O) groups excluding carboxylic acids is 2. The van der Waals surface area contributed by atoms with Crippen molar-refractivity contribution in [2.45, 2.75) is 39.0 Å². The molecule has 0 radical (unpaired) electrons. The minimum absolute atomic E-state index is 0.00122. The van der Waals surface area contributed by atoms with Gasteiger partial charge in [-0.15, -0.1) is 0 Å². The number of halogens is 1. The number of nitrogens with one attached hydrogen (secondary N) is 1. The van der Waals surface area contributed by atoms with E-state index in [-0.39, 0.29) is 32.0 Å². The molecule has 0 heterocycles. The molecule has 0 saturated heterocycles. The molecule has 4 aromatic rings. The minimum atomic E-state index is -3.79. The Morgan fingerprint density at radius 3 is 1.86 bits per heavy atom. The molecule has 0 unspecified atom stereocenters. The maximum absolute atomic E-state index is 14.1. The highest BCUT2D eigenvalue weighted by molar-refractivity contribution is 7.88. The van der Waals surface area contributed by atoms with Crippen LogP contribution in [0.2, 0.25) is 0 Å². The van der Waals surface area contributed by atoms with Crippen LogP contribution >= 0.6 is 0 Å². The predicted molar refractivity (Wildman–Crippen MR) is 166 cm³/mol. The molecule has 1 atom stereocenters. The van der Waals surface area contributed by atoms with Gasteiger partial charge in [-0.1, -0.05) is 103 Å². The van der Waals surface area contributed by atoms with Gasteiger partial charge in [0.15, 0.2) is 0 Å². The molecule has 0 aliphatic heterocycles. The molecular formula is C34H36FN3O4S. The maximum atomic E-state index is 14.1. The van der Waals surface area contributed by atoms with E-state index in [0.29, 0.717) is 5.56 Å². The average molecular weight is 602 g/mol. The number of hydrogen-bond acceptors (Lipinski definition) is 4. The summed E-state index contributed by atoms with van der Waals surface area (Å²) in [6.07, 6.45) is 1.26. The Morgan fingerprint density at radius 2 is 1.28 bits per heavy atom. The Kier molecular flexibility index (Phi) is 10.8. The highest BCUT2D eigenvalue weighted by Gasteiger charge is 2.33. The van der Waals surface area contributed by atoms with Crippen molar-refractivity contribution in [3.05, 3.63) is 143 Å². The SMILES string of the molecule is Cc1ccc(CNC(=O)[C@H](Cc2ccccc2)N(Cc2ccc(F)cc2)C(=O)CN(Cc2ccccc2)S(C)(=O)=O)cc1. The number of rotatable bonds is 13. The normalized spacial score (nSPS) is 12.1. The molecule has 9 heteroatoms. The lowest BCUT2D eigenvalue weighted by Crippen LogP contribution is -2.53. The first-order valence-corrected chi connectivity index (χ1v) is 15.8. The largest absolute Gasteiger partial charge is 0.350 e. The summed E-state index contributed by atoms with van der Waals surface area (Å²) in [5.41, 5.74) is 4.16. The van der Waals surface area contributed by atoms with Crippen LogP contribution in [0.15, 0.2) is 109 Å². The standard InChI is InChI=1S/C34H36FN3O4S/c1-26-13-15-28(16-14-26)22-36-34(40)32(21-27-9-5-3-6-10-27)38(24-30-17-19-31(35)20-18-30)33(39)25-37(43(2,41)42)23-29-11-7-4-8-12-29/h3-20,32H,21-25H2,1-2H3,(H,36,40)/t32-/m0/s1. The highest BCUT2D eigenvalue weighted by Crippen LogP contribution is 2.18. The molecule has 2 amide bonds. The quantitative estimate of drug-likeness (QED) is 0.237. The Morgan fingerprint density at radius 1 is 0.744 bits per heavy atom. The van der Waals surface area contributed by atoms with Gasteiger partial charge in [0.05, 0.1) is 12.8 Å². The topological polar surface area (TPSA) is 86.8 Å². The number of carbonyl (C=O) groups is 2. The molecule has 7 nitrogen and oxygen atoms in total. The van der Waals surface area contributed by atoms with E-state index in [1.54, 1.807) is 36.4 Å². The van der Waals surface area contributed by atoms with Crippen LogP contribution in [0.5, 0.6) is 0 Å². The lowest BCUT2D eigenvalue weighted by Gasteiger charge is -2.33. The van der Waals surface area contributed by atoms with Gasteiger partial charge in [0.2, 0.25) is 21.8 Å². The van der Waals surface area contributed by atoms with Crippen molar-refractivity contribution in [1.82, 2.24) is 14.5 Å². The van der Waals surface area contributed by atoms with Crippen molar-refractivity contribution in [3.8, 4) is 0 Å². The zero-order chi connectivity index (χ0) is 30.8. The van der Waals surface area contributed by atoms with Crippen molar-refractivity contribution < 1.29 is 22.4 Å². The summed E-state index contributed by atoms with van der Waals surface area (Å²) in [5, 5.41) is 2.97. The van der Waals surface area contributed by atoms with Crippen molar-refractivity contribution in [2.24, 2.45) is 0 Å². The van der Waals surface area contributed by atoms with Crippen LogP contribution in [0.1, 0.15) is 27.8 Å². The van der Waals surface area contributed by atoms with Crippen LogP contribution in [0.3, 0.4) is 0 Å². The minimum Gasteiger partial charge on any atom is -0.350 e. The number of amides is 2. The maximum Gasteiger partial charge on any atom is 0.243 e. The molecule has 1 N–H and O–H groups in total. The van der Waals surface area contributed by atoms with E-state index in [1.165, 1.54) is 17.0 Å². The van der Waals surface area contributed by atoms with Gasteiger partial charge >= 0.3 is 0 Å². The molecular weight excluding hydrogens is 565 g/mol. The monoisotopic (exact) mass is 601 g/mol. The molecule has 0 aromatic heterocycles. The van der Waals surface area contributed by atoms with Crippen molar-refractivity contribution in [3.63, 3.8) is 0 Å². The van der Waals surface area contributed by atoms with E-state index >= 15 is 0 Å². The third-order valence-electron chi connectivity index (χ3n) is 7.11. The lowest BCUT2D eigenvalue weighted by molar-refractivity contribution is -0.141. The van der Waals surface area contributed by atoms with Crippen LogP contribution in [-0.2, 0) is 45.7 Å². The lowest BCUT2D eigenvalue weighted by atomic mass is 10.0. The molecule has 4 aromatic carbocycles. The van der Waals surface area contributed by atoms with Crippen LogP contribution in [0, 0.1) is 12.7 Å². The smallest absolute Gasteiger partial charge is 0.243 e. The van der Waals surface area contributed by atoms with Crippen LogP contribution in [0.4, 0.5) is 4.39 Å². The third-order valence-corrected chi connectivity index (χ3v) is 8.30. The highest BCUT2D eigenvalue weighted by atomic mass is 32.2. The van der Waals surface area contributed by atoms with E-state index in [4.69, 9.17) is 0 Å². The van der Waals surface area contributed by atoms with E-state index in [2.05, 4.69) is 5.32 Å². The van der Waals surface area contributed by atoms with Gasteiger partial charge in [-0.3, -0.25) is 9.59 Å². The zero-order valence-corrected chi connectivity index (χ0v) is 25.1. The number of aryl methyl sites for hydroxylation is 1. The molecule has 4 rings (SSSR count). The van der Waals surface area contributed by atoms with Gasteiger partial charge in [-0.05, 0) is 41.3 Å². The van der Waals surface area contributed by atoms with E-state index in [1.807, 2.05) is 67.6 Å². The third kappa shape index (κ3) is 9.59. The molecule has 0 spiro atoms. The fourth-order valence-corrected chi connectivity index (χ4v) is 5.40. The van der Waals surface area contributed by atoms with E-state index in [0.717, 1.165) is 32.8 Å². The van der Waals surface area contributed by atoms with E-state index < -0.39 is 34.3 Å². The summed E-state index contributed by atoms with van der Waals surface area (Å²) in [4.78, 5) is 29.3. The molecule has 0 bridgehead atoms. The summed E-state index contributed by atoms with van der Waals surface area (Å²) in [6.45, 7) is 1.75. The molecule has 224 valence electrons. The van der Waals surface area contributed by atoms with Gasteiger partial charge in [0.1, 0.15) is 11.9 Å². The fraction of sp³-hybridized carbons (Fsp3) is 0.235. The second-order valence-electron chi connectivity index (χ2n) is 10.6. The summed E-state index contributed by atoms with van der Waals surface area (Å²) >= 11 is 0. The van der Waals surface area contributed by atoms with Gasteiger partial charge in [0.25, 0.3) is 0 Å². The second-order valence-corrected chi connectivity index (χ2v) is 12.6.